The first-order chi connectivity index (χ1) is 12.6. The third-order valence-corrected chi connectivity index (χ3v) is 3.94. The Morgan fingerprint density at radius 1 is 1.04 bits per heavy atom. The number of rotatable bonds is 4. The standard InChI is InChI=1S/C19H13F2N3O2/c20-19(21)24-15-5-2-1-4-14(15)23-17(24)12-7-9-13(10-8-12)22-18(25)16-6-3-11-26-16/h1-11,19H,(H,22,25). The highest BCUT2D eigenvalue weighted by molar-refractivity contribution is 6.02. The molecule has 1 amide bonds. The van der Waals surface area contributed by atoms with Gasteiger partial charge in [0.25, 0.3) is 5.91 Å². The van der Waals surface area contributed by atoms with Crippen molar-refractivity contribution in [3.63, 3.8) is 0 Å². The van der Waals surface area contributed by atoms with Gasteiger partial charge in [0.05, 0.1) is 17.3 Å². The molecule has 0 aliphatic carbocycles. The highest BCUT2D eigenvalue weighted by Gasteiger charge is 2.18. The van der Waals surface area contributed by atoms with E-state index < -0.39 is 6.55 Å². The number of furan rings is 1. The first-order valence-electron chi connectivity index (χ1n) is 7.84. The Morgan fingerprint density at radius 2 is 1.81 bits per heavy atom. The molecule has 130 valence electrons. The van der Waals surface area contributed by atoms with Crippen LogP contribution >= 0.6 is 0 Å². The van der Waals surface area contributed by atoms with E-state index in [4.69, 9.17) is 4.42 Å². The van der Waals surface area contributed by atoms with Crippen molar-refractivity contribution in [3.05, 3.63) is 72.7 Å². The molecule has 0 fully saturated rings. The normalized spacial score (nSPS) is 11.2. The SMILES string of the molecule is O=C(Nc1ccc(-c2nc3ccccc3n2C(F)F)cc1)c1ccco1. The number of hydrogen-bond donors (Lipinski definition) is 1. The second kappa shape index (κ2) is 6.44. The minimum Gasteiger partial charge on any atom is -0.459 e. The number of nitrogens with zero attached hydrogens (tertiary/aromatic N) is 2. The number of amides is 1. The van der Waals surface area contributed by atoms with Crippen LogP contribution in [0.25, 0.3) is 22.4 Å². The summed E-state index contributed by atoms with van der Waals surface area (Å²) in [6.45, 7) is -2.71. The van der Waals surface area contributed by atoms with Crippen LogP contribution in [0.2, 0.25) is 0 Å². The van der Waals surface area contributed by atoms with Crippen LogP contribution in [0.3, 0.4) is 0 Å². The third-order valence-electron chi connectivity index (χ3n) is 3.94. The van der Waals surface area contributed by atoms with Gasteiger partial charge in [-0.05, 0) is 48.5 Å². The Morgan fingerprint density at radius 3 is 2.50 bits per heavy atom. The molecule has 0 atom stereocenters. The third kappa shape index (κ3) is 2.83. The molecular weight excluding hydrogens is 340 g/mol. The second-order valence-electron chi connectivity index (χ2n) is 5.58. The Hall–Kier alpha value is -3.48. The van der Waals surface area contributed by atoms with E-state index in [2.05, 4.69) is 10.3 Å². The predicted octanol–water partition coefficient (Wildman–Crippen LogP) is 4.94. The summed E-state index contributed by atoms with van der Waals surface area (Å²) < 4.78 is 33.0. The Balaban J connectivity index is 1.66. The van der Waals surface area contributed by atoms with Crippen LogP contribution in [0.1, 0.15) is 17.1 Å². The van der Waals surface area contributed by atoms with Gasteiger partial charge in [0.2, 0.25) is 0 Å². The zero-order valence-corrected chi connectivity index (χ0v) is 13.4. The number of anilines is 1. The zero-order valence-electron chi connectivity index (χ0n) is 13.4. The van der Waals surface area contributed by atoms with Crippen LogP contribution in [-0.2, 0) is 0 Å². The molecule has 0 radical (unpaired) electrons. The van der Waals surface area contributed by atoms with Crippen molar-refractivity contribution in [1.82, 2.24) is 9.55 Å². The number of carbonyl (C=O) groups excluding carboxylic acids is 1. The summed E-state index contributed by atoms with van der Waals surface area (Å²) in [7, 11) is 0. The minimum absolute atomic E-state index is 0.171. The van der Waals surface area contributed by atoms with E-state index in [-0.39, 0.29) is 17.5 Å². The van der Waals surface area contributed by atoms with Crippen molar-refractivity contribution in [2.24, 2.45) is 0 Å². The van der Waals surface area contributed by atoms with Gasteiger partial charge in [-0.25, -0.2) is 4.98 Å². The number of halogens is 2. The van der Waals surface area contributed by atoms with Crippen molar-refractivity contribution in [2.75, 3.05) is 5.32 Å². The molecule has 0 spiro atoms. The molecule has 5 nitrogen and oxygen atoms in total. The van der Waals surface area contributed by atoms with Crippen molar-refractivity contribution in [2.45, 2.75) is 6.55 Å². The van der Waals surface area contributed by atoms with Gasteiger partial charge in [0, 0.05) is 11.3 Å². The van der Waals surface area contributed by atoms with Crippen LogP contribution in [0.5, 0.6) is 0 Å². The van der Waals surface area contributed by atoms with Crippen LogP contribution in [-0.4, -0.2) is 15.5 Å². The fraction of sp³-hybridized carbons (Fsp3) is 0.0526. The highest BCUT2D eigenvalue weighted by Crippen LogP contribution is 2.30. The lowest BCUT2D eigenvalue weighted by molar-refractivity contribution is 0.0764. The quantitative estimate of drug-likeness (QED) is 0.565. The molecule has 0 saturated carbocycles. The van der Waals surface area contributed by atoms with E-state index in [9.17, 15) is 13.6 Å². The molecule has 7 heteroatoms. The molecule has 0 aliphatic heterocycles. The Kier molecular flexibility index (Phi) is 3.96. The number of benzene rings is 2. The van der Waals surface area contributed by atoms with Crippen LogP contribution in [0, 0.1) is 0 Å². The Labute approximate surface area is 146 Å². The summed E-state index contributed by atoms with van der Waals surface area (Å²) in [5, 5.41) is 2.68. The molecule has 0 aliphatic rings. The molecular formula is C19H13F2N3O2. The molecule has 4 aromatic rings. The average molecular weight is 353 g/mol. The summed E-state index contributed by atoms with van der Waals surface area (Å²) >= 11 is 0. The van der Waals surface area contributed by atoms with Crippen molar-refractivity contribution in [1.29, 1.82) is 0 Å². The number of imidazole rings is 1. The number of aromatic nitrogens is 2. The maximum atomic E-state index is 13.5. The van der Waals surface area contributed by atoms with Gasteiger partial charge in [-0.1, -0.05) is 12.1 Å². The monoisotopic (exact) mass is 353 g/mol. The predicted molar refractivity (Wildman–Crippen MR) is 93.1 cm³/mol. The number of para-hydroxylation sites is 2. The number of alkyl halides is 2. The van der Waals surface area contributed by atoms with Gasteiger partial charge in [-0.15, -0.1) is 0 Å². The van der Waals surface area contributed by atoms with Gasteiger partial charge in [-0.3, -0.25) is 9.36 Å². The van der Waals surface area contributed by atoms with Crippen molar-refractivity contribution in [3.8, 4) is 11.4 Å². The topological polar surface area (TPSA) is 60.1 Å². The van der Waals surface area contributed by atoms with Gasteiger partial charge in [0.1, 0.15) is 5.82 Å². The fourth-order valence-corrected chi connectivity index (χ4v) is 2.75. The smallest absolute Gasteiger partial charge is 0.320 e. The number of nitrogens with one attached hydrogen (secondary N) is 1. The first kappa shape index (κ1) is 16.0. The second-order valence-corrected chi connectivity index (χ2v) is 5.58. The number of hydrogen-bond acceptors (Lipinski definition) is 3. The van der Waals surface area contributed by atoms with E-state index in [0.29, 0.717) is 22.3 Å². The molecule has 2 aromatic carbocycles. The molecule has 0 bridgehead atoms. The van der Waals surface area contributed by atoms with E-state index in [1.54, 1.807) is 60.7 Å². The molecule has 1 N–H and O–H groups in total. The molecule has 2 aromatic heterocycles. The van der Waals surface area contributed by atoms with Gasteiger partial charge < -0.3 is 9.73 Å². The van der Waals surface area contributed by atoms with Crippen LogP contribution in [0.15, 0.2) is 71.3 Å². The van der Waals surface area contributed by atoms with Crippen LogP contribution in [0.4, 0.5) is 14.5 Å². The zero-order chi connectivity index (χ0) is 18.1. The van der Waals surface area contributed by atoms with E-state index in [1.165, 1.54) is 6.26 Å². The summed E-state index contributed by atoms with van der Waals surface area (Å²) in [5.41, 5.74) is 1.91. The van der Waals surface area contributed by atoms with Gasteiger partial charge in [-0.2, -0.15) is 8.78 Å². The molecule has 26 heavy (non-hydrogen) atoms. The minimum atomic E-state index is -2.71. The summed E-state index contributed by atoms with van der Waals surface area (Å²) in [6.07, 6.45) is 1.41. The largest absolute Gasteiger partial charge is 0.459 e. The highest BCUT2D eigenvalue weighted by atomic mass is 19.3. The molecule has 0 saturated heterocycles. The summed E-state index contributed by atoms with van der Waals surface area (Å²) in [5.74, 6) is -0.0266. The summed E-state index contributed by atoms with van der Waals surface area (Å²) in [6, 6.07) is 16.4. The molecule has 2 heterocycles. The molecule has 0 unspecified atom stereocenters. The number of carbonyl (C=O) groups is 1. The van der Waals surface area contributed by atoms with Gasteiger partial charge >= 0.3 is 6.55 Å². The Bertz CT molecular complexity index is 1050. The van der Waals surface area contributed by atoms with Crippen molar-refractivity contribution < 1.29 is 18.0 Å². The lowest BCUT2D eigenvalue weighted by atomic mass is 10.2. The van der Waals surface area contributed by atoms with E-state index >= 15 is 0 Å². The van der Waals surface area contributed by atoms with Gasteiger partial charge in [0.15, 0.2) is 5.76 Å². The molecule has 4 rings (SSSR count). The van der Waals surface area contributed by atoms with Crippen molar-refractivity contribution >= 4 is 22.6 Å². The fourth-order valence-electron chi connectivity index (χ4n) is 2.75. The maximum absolute atomic E-state index is 13.5. The lowest BCUT2D eigenvalue weighted by Crippen LogP contribution is -2.10. The maximum Gasteiger partial charge on any atom is 0.320 e. The first-order valence-corrected chi connectivity index (χ1v) is 7.84. The lowest BCUT2D eigenvalue weighted by Gasteiger charge is -2.09. The average Bonchev–Trinajstić information content (AvgIpc) is 3.30. The summed E-state index contributed by atoms with van der Waals surface area (Å²) in [4.78, 5) is 16.3. The van der Waals surface area contributed by atoms with Crippen LogP contribution < -0.4 is 5.32 Å². The van der Waals surface area contributed by atoms with E-state index in [0.717, 1.165) is 4.57 Å². The van der Waals surface area contributed by atoms with E-state index in [1.807, 2.05) is 0 Å². The number of fused-ring (bicyclic) bond motifs is 1.